The lowest BCUT2D eigenvalue weighted by atomic mass is 9.87. The smallest absolute Gasteiger partial charge is 0.309 e. The van der Waals surface area contributed by atoms with Crippen molar-refractivity contribution in [3.05, 3.63) is 11.6 Å². The lowest BCUT2D eigenvalue weighted by Gasteiger charge is -2.19. The van der Waals surface area contributed by atoms with Crippen molar-refractivity contribution in [1.29, 1.82) is 0 Å². The van der Waals surface area contributed by atoms with Crippen LogP contribution in [-0.4, -0.2) is 12.6 Å². The van der Waals surface area contributed by atoms with E-state index in [1.54, 1.807) is 0 Å². The standard InChI is InChI=1S/C11H20O2/c1-6-13-10(12)8-7-9(2)11(3,4)5/h7H,6,8H2,1-5H3. The molecule has 76 valence electrons. The molecule has 0 atom stereocenters. The Labute approximate surface area is 81.0 Å². The molecule has 0 saturated heterocycles. The van der Waals surface area contributed by atoms with E-state index in [1.165, 1.54) is 5.57 Å². The highest BCUT2D eigenvalue weighted by Crippen LogP contribution is 2.24. The highest BCUT2D eigenvalue weighted by Gasteiger charge is 2.12. The van der Waals surface area contributed by atoms with Crippen molar-refractivity contribution in [2.45, 2.75) is 41.0 Å². The average molecular weight is 184 g/mol. The van der Waals surface area contributed by atoms with E-state index in [-0.39, 0.29) is 11.4 Å². The third-order valence-electron chi connectivity index (χ3n) is 2.06. The van der Waals surface area contributed by atoms with Gasteiger partial charge in [0.25, 0.3) is 0 Å². The molecule has 0 bridgehead atoms. The zero-order chi connectivity index (χ0) is 10.5. The van der Waals surface area contributed by atoms with E-state index in [0.717, 1.165) is 0 Å². The van der Waals surface area contributed by atoms with Gasteiger partial charge in [-0.25, -0.2) is 0 Å². The molecule has 0 aromatic heterocycles. The summed E-state index contributed by atoms with van der Waals surface area (Å²) in [5.74, 6) is -0.147. The topological polar surface area (TPSA) is 26.3 Å². The van der Waals surface area contributed by atoms with Gasteiger partial charge in [0.1, 0.15) is 0 Å². The fourth-order valence-corrected chi connectivity index (χ4v) is 0.763. The Morgan fingerprint density at radius 3 is 2.31 bits per heavy atom. The van der Waals surface area contributed by atoms with Crippen molar-refractivity contribution >= 4 is 5.97 Å². The number of esters is 1. The lowest BCUT2D eigenvalue weighted by molar-refractivity contribution is -0.142. The molecule has 0 heterocycles. The van der Waals surface area contributed by atoms with Gasteiger partial charge in [-0.05, 0) is 19.3 Å². The van der Waals surface area contributed by atoms with Crippen molar-refractivity contribution in [2.24, 2.45) is 5.41 Å². The first-order valence-electron chi connectivity index (χ1n) is 4.70. The molecule has 0 rings (SSSR count). The SMILES string of the molecule is CCOC(=O)CC=C(C)C(C)(C)C. The Morgan fingerprint density at radius 2 is 1.92 bits per heavy atom. The number of ether oxygens (including phenoxy) is 1. The number of rotatable bonds is 3. The van der Waals surface area contributed by atoms with Gasteiger partial charge < -0.3 is 4.74 Å². The molecule has 0 unspecified atom stereocenters. The summed E-state index contributed by atoms with van der Waals surface area (Å²) in [6.45, 7) is 10.7. The predicted molar refractivity (Wildman–Crippen MR) is 54.5 cm³/mol. The maximum Gasteiger partial charge on any atom is 0.309 e. The summed E-state index contributed by atoms with van der Waals surface area (Å²) in [7, 11) is 0. The minimum absolute atomic E-state index is 0.145. The van der Waals surface area contributed by atoms with Crippen LogP contribution in [-0.2, 0) is 9.53 Å². The molecule has 0 aliphatic rings. The van der Waals surface area contributed by atoms with Crippen molar-refractivity contribution in [1.82, 2.24) is 0 Å². The lowest BCUT2D eigenvalue weighted by Crippen LogP contribution is -2.08. The fourth-order valence-electron chi connectivity index (χ4n) is 0.763. The maximum atomic E-state index is 11.0. The van der Waals surface area contributed by atoms with Gasteiger partial charge in [-0.15, -0.1) is 0 Å². The number of hydrogen-bond acceptors (Lipinski definition) is 2. The molecule has 13 heavy (non-hydrogen) atoms. The molecule has 0 amide bonds. The Hall–Kier alpha value is -0.790. The third kappa shape index (κ3) is 5.45. The van der Waals surface area contributed by atoms with Gasteiger partial charge in [-0.2, -0.15) is 0 Å². The van der Waals surface area contributed by atoms with E-state index in [1.807, 2.05) is 19.9 Å². The van der Waals surface area contributed by atoms with Gasteiger partial charge in [0.15, 0.2) is 0 Å². The van der Waals surface area contributed by atoms with E-state index in [4.69, 9.17) is 4.74 Å². The summed E-state index contributed by atoms with van der Waals surface area (Å²) >= 11 is 0. The van der Waals surface area contributed by atoms with E-state index >= 15 is 0 Å². The Kier molecular flexibility index (Phi) is 4.74. The molecule has 0 saturated carbocycles. The summed E-state index contributed by atoms with van der Waals surface area (Å²) in [6.07, 6.45) is 2.33. The predicted octanol–water partition coefficient (Wildman–Crippen LogP) is 2.93. The van der Waals surface area contributed by atoms with Crippen molar-refractivity contribution < 1.29 is 9.53 Å². The van der Waals surface area contributed by atoms with Gasteiger partial charge in [0.2, 0.25) is 0 Å². The largest absolute Gasteiger partial charge is 0.466 e. The van der Waals surface area contributed by atoms with Crippen LogP contribution in [0.2, 0.25) is 0 Å². The number of allylic oxidation sites excluding steroid dienone is 1. The molecule has 2 nitrogen and oxygen atoms in total. The van der Waals surface area contributed by atoms with E-state index in [9.17, 15) is 4.79 Å². The first-order chi connectivity index (χ1) is 5.88. The second kappa shape index (κ2) is 5.05. The van der Waals surface area contributed by atoms with Crippen LogP contribution in [0.3, 0.4) is 0 Å². The molecular formula is C11H20O2. The van der Waals surface area contributed by atoms with E-state index in [0.29, 0.717) is 13.0 Å². The second-order valence-electron chi connectivity index (χ2n) is 4.15. The first-order valence-corrected chi connectivity index (χ1v) is 4.70. The van der Waals surface area contributed by atoms with Gasteiger partial charge in [0.05, 0.1) is 13.0 Å². The normalized spacial score (nSPS) is 12.8. The zero-order valence-corrected chi connectivity index (χ0v) is 9.31. The number of carbonyl (C=O) groups is 1. The van der Waals surface area contributed by atoms with Crippen LogP contribution < -0.4 is 0 Å². The molecule has 0 fully saturated rings. The minimum Gasteiger partial charge on any atom is -0.466 e. The van der Waals surface area contributed by atoms with Crippen LogP contribution in [0.1, 0.15) is 41.0 Å². The van der Waals surface area contributed by atoms with Gasteiger partial charge >= 0.3 is 5.97 Å². The fraction of sp³-hybridized carbons (Fsp3) is 0.727. The van der Waals surface area contributed by atoms with Gasteiger partial charge in [-0.1, -0.05) is 32.4 Å². The molecule has 0 spiro atoms. The Morgan fingerprint density at radius 1 is 1.38 bits per heavy atom. The molecule has 2 heteroatoms. The monoisotopic (exact) mass is 184 g/mol. The second-order valence-corrected chi connectivity index (χ2v) is 4.15. The van der Waals surface area contributed by atoms with Gasteiger partial charge in [-0.3, -0.25) is 4.79 Å². The zero-order valence-electron chi connectivity index (χ0n) is 9.31. The number of carbonyl (C=O) groups excluding carboxylic acids is 1. The minimum atomic E-state index is -0.147. The molecule has 0 radical (unpaired) electrons. The van der Waals surface area contributed by atoms with E-state index in [2.05, 4.69) is 20.8 Å². The summed E-state index contributed by atoms with van der Waals surface area (Å²) in [4.78, 5) is 11.0. The van der Waals surface area contributed by atoms with Crippen molar-refractivity contribution in [2.75, 3.05) is 6.61 Å². The molecule has 0 aliphatic heterocycles. The molecule has 0 N–H and O–H groups in total. The Balaban J connectivity index is 4.05. The quantitative estimate of drug-likeness (QED) is 0.498. The van der Waals surface area contributed by atoms with Crippen molar-refractivity contribution in [3.63, 3.8) is 0 Å². The summed E-state index contributed by atoms with van der Waals surface area (Å²) in [5, 5.41) is 0. The summed E-state index contributed by atoms with van der Waals surface area (Å²) in [6, 6.07) is 0. The third-order valence-corrected chi connectivity index (χ3v) is 2.06. The van der Waals surface area contributed by atoms with Crippen LogP contribution in [0.15, 0.2) is 11.6 Å². The molecule has 0 aromatic rings. The van der Waals surface area contributed by atoms with Crippen LogP contribution in [0.5, 0.6) is 0 Å². The van der Waals surface area contributed by atoms with Crippen molar-refractivity contribution in [3.8, 4) is 0 Å². The van der Waals surface area contributed by atoms with Crippen LogP contribution in [0.4, 0.5) is 0 Å². The average Bonchev–Trinajstić information content (AvgIpc) is 1.99. The van der Waals surface area contributed by atoms with Crippen LogP contribution >= 0.6 is 0 Å². The molecular weight excluding hydrogens is 164 g/mol. The summed E-state index contributed by atoms with van der Waals surface area (Å²) < 4.78 is 4.82. The molecule has 0 aromatic carbocycles. The highest BCUT2D eigenvalue weighted by molar-refractivity contribution is 5.71. The number of hydrogen-bond donors (Lipinski definition) is 0. The molecule has 0 aliphatic carbocycles. The van der Waals surface area contributed by atoms with Crippen LogP contribution in [0, 0.1) is 5.41 Å². The summed E-state index contributed by atoms with van der Waals surface area (Å²) in [5.41, 5.74) is 1.37. The highest BCUT2D eigenvalue weighted by atomic mass is 16.5. The van der Waals surface area contributed by atoms with Gasteiger partial charge in [0, 0.05) is 0 Å². The first kappa shape index (κ1) is 12.2. The Bertz CT molecular complexity index is 197. The van der Waals surface area contributed by atoms with E-state index < -0.39 is 0 Å². The van der Waals surface area contributed by atoms with Crippen LogP contribution in [0.25, 0.3) is 0 Å². The maximum absolute atomic E-state index is 11.0.